The molecule has 1 heterocycles. The Labute approximate surface area is 179 Å². The average Bonchev–Trinajstić information content (AvgIpc) is 3.50. The van der Waals surface area contributed by atoms with E-state index in [0.29, 0.717) is 18.2 Å². The summed E-state index contributed by atoms with van der Waals surface area (Å²) in [5, 5.41) is 11.6. The molecule has 1 aromatic heterocycles. The highest BCUT2D eigenvalue weighted by atomic mass is 79.9. The van der Waals surface area contributed by atoms with Crippen LogP contribution in [0.25, 0.3) is 5.69 Å². The minimum Gasteiger partial charge on any atom is -0.370 e. The molecule has 4 rings (SSSR count). The number of aromatic nitrogens is 3. The molecule has 0 saturated heterocycles. The van der Waals surface area contributed by atoms with Gasteiger partial charge in [-0.2, -0.15) is 0 Å². The van der Waals surface area contributed by atoms with E-state index in [4.69, 9.17) is 0 Å². The molecule has 29 heavy (non-hydrogen) atoms. The third-order valence-corrected chi connectivity index (χ3v) is 5.87. The number of nitrogens with zero attached hydrogens (tertiary/aromatic N) is 4. The summed E-state index contributed by atoms with van der Waals surface area (Å²) in [6.45, 7) is 2.62. The molecular weight excluding hydrogens is 430 g/mol. The van der Waals surface area contributed by atoms with Crippen LogP contribution in [0.2, 0.25) is 0 Å². The number of benzene rings is 2. The van der Waals surface area contributed by atoms with Gasteiger partial charge in [-0.15, -0.1) is 5.10 Å². The van der Waals surface area contributed by atoms with Gasteiger partial charge in [-0.05, 0) is 56.2 Å². The first-order valence-electron chi connectivity index (χ1n) is 9.82. The number of carbonyl (C=O) groups excluding carboxylic acids is 1. The number of halogens is 1. The van der Waals surface area contributed by atoms with Crippen molar-refractivity contribution in [3.63, 3.8) is 0 Å². The normalized spacial score (nSPS) is 14.4. The van der Waals surface area contributed by atoms with E-state index >= 15 is 0 Å². The quantitative estimate of drug-likeness (QED) is 0.583. The lowest BCUT2D eigenvalue weighted by Crippen LogP contribution is -2.40. The standard InChI is InChI=1S/C22H24BrN5O/c1-15(27(2)18-6-4-3-5-7-18)14-24-22(29)20-21(16-8-9-16)28(26-25-20)19-12-10-17(23)11-13-19/h3-7,10-13,15-16H,8-9,14H2,1-2H3,(H,24,29). The molecule has 1 N–H and O–H groups in total. The molecule has 1 aliphatic rings. The van der Waals surface area contributed by atoms with Crippen LogP contribution >= 0.6 is 15.9 Å². The van der Waals surface area contributed by atoms with Crippen LogP contribution < -0.4 is 10.2 Å². The number of rotatable bonds is 7. The van der Waals surface area contributed by atoms with Gasteiger partial charge in [0.2, 0.25) is 0 Å². The highest BCUT2D eigenvalue weighted by Gasteiger charge is 2.34. The van der Waals surface area contributed by atoms with Crippen LogP contribution in [0, 0.1) is 0 Å². The SMILES string of the molecule is CC(CNC(=O)c1nnn(-c2ccc(Br)cc2)c1C1CC1)N(C)c1ccccc1. The Morgan fingerprint density at radius 2 is 1.90 bits per heavy atom. The molecule has 7 heteroatoms. The van der Waals surface area contributed by atoms with E-state index in [1.807, 2.05) is 49.5 Å². The molecule has 1 fully saturated rings. The molecule has 0 spiro atoms. The van der Waals surface area contributed by atoms with E-state index in [1.54, 1.807) is 4.68 Å². The zero-order valence-electron chi connectivity index (χ0n) is 16.5. The van der Waals surface area contributed by atoms with Gasteiger partial charge in [-0.1, -0.05) is 39.3 Å². The predicted molar refractivity (Wildman–Crippen MR) is 118 cm³/mol. The van der Waals surface area contributed by atoms with E-state index < -0.39 is 0 Å². The molecule has 150 valence electrons. The fraction of sp³-hybridized carbons (Fsp3) is 0.318. The van der Waals surface area contributed by atoms with Crippen molar-refractivity contribution in [3.05, 3.63) is 70.5 Å². The molecule has 0 aliphatic heterocycles. The minimum absolute atomic E-state index is 0.146. The summed E-state index contributed by atoms with van der Waals surface area (Å²) >= 11 is 3.46. The highest BCUT2D eigenvalue weighted by Crippen LogP contribution is 2.42. The van der Waals surface area contributed by atoms with Crippen molar-refractivity contribution in [3.8, 4) is 5.69 Å². The Kier molecular flexibility index (Phi) is 5.67. The fourth-order valence-corrected chi connectivity index (χ4v) is 3.59. The van der Waals surface area contributed by atoms with E-state index in [-0.39, 0.29) is 11.9 Å². The van der Waals surface area contributed by atoms with Gasteiger partial charge in [0.25, 0.3) is 5.91 Å². The molecule has 0 bridgehead atoms. The molecule has 1 atom stereocenters. The Hall–Kier alpha value is -2.67. The van der Waals surface area contributed by atoms with Crippen molar-refractivity contribution < 1.29 is 4.79 Å². The lowest BCUT2D eigenvalue weighted by atomic mass is 10.2. The van der Waals surface area contributed by atoms with Gasteiger partial charge < -0.3 is 10.2 Å². The largest absolute Gasteiger partial charge is 0.370 e. The molecular formula is C22H24BrN5O. The summed E-state index contributed by atoms with van der Waals surface area (Å²) in [6, 6.07) is 18.2. The van der Waals surface area contributed by atoms with Gasteiger partial charge >= 0.3 is 0 Å². The number of carbonyl (C=O) groups is 1. The van der Waals surface area contributed by atoms with Crippen molar-refractivity contribution >= 4 is 27.5 Å². The minimum atomic E-state index is -0.163. The van der Waals surface area contributed by atoms with Crippen molar-refractivity contribution in [2.75, 3.05) is 18.5 Å². The maximum Gasteiger partial charge on any atom is 0.273 e. The number of amides is 1. The lowest BCUT2D eigenvalue weighted by molar-refractivity contribution is 0.0945. The monoisotopic (exact) mass is 453 g/mol. The Balaban J connectivity index is 1.48. The highest BCUT2D eigenvalue weighted by molar-refractivity contribution is 9.10. The second-order valence-electron chi connectivity index (χ2n) is 7.49. The van der Waals surface area contributed by atoms with Gasteiger partial charge in [0.05, 0.1) is 11.4 Å². The third kappa shape index (κ3) is 4.34. The molecule has 1 amide bonds. The van der Waals surface area contributed by atoms with Gasteiger partial charge in [0.1, 0.15) is 0 Å². The molecule has 2 aromatic carbocycles. The van der Waals surface area contributed by atoms with E-state index in [2.05, 4.69) is 55.5 Å². The fourth-order valence-electron chi connectivity index (χ4n) is 3.33. The van der Waals surface area contributed by atoms with Crippen molar-refractivity contribution in [2.45, 2.75) is 31.7 Å². The maximum atomic E-state index is 12.9. The van der Waals surface area contributed by atoms with Crippen LogP contribution in [0.3, 0.4) is 0 Å². The molecule has 6 nitrogen and oxygen atoms in total. The van der Waals surface area contributed by atoms with Gasteiger partial charge in [0.15, 0.2) is 5.69 Å². The van der Waals surface area contributed by atoms with Crippen LogP contribution in [0.1, 0.15) is 41.9 Å². The van der Waals surface area contributed by atoms with Crippen LogP contribution in [0.15, 0.2) is 59.1 Å². The summed E-state index contributed by atoms with van der Waals surface area (Å²) in [4.78, 5) is 15.1. The second kappa shape index (κ2) is 8.37. The Bertz CT molecular complexity index is 982. The maximum absolute atomic E-state index is 12.9. The van der Waals surface area contributed by atoms with Gasteiger partial charge in [-0.3, -0.25) is 4.79 Å². The van der Waals surface area contributed by atoms with E-state index in [0.717, 1.165) is 34.4 Å². The summed E-state index contributed by atoms with van der Waals surface area (Å²) in [5.41, 5.74) is 3.38. The summed E-state index contributed by atoms with van der Waals surface area (Å²) in [7, 11) is 2.03. The molecule has 0 radical (unpaired) electrons. The predicted octanol–water partition coefficient (Wildman–Crippen LogP) is 4.16. The Morgan fingerprint density at radius 3 is 2.55 bits per heavy atom. The number of nitrogens with one attached hydrogen (secondary N) is 1. The number of para-hydroxylation sites is 1. The van der Waals surface area contributed by atoms with Crippen molar-refractivity contribution in [1.29, 1.82) is 0 Å². The summed E-state index contributed by atoms with van der Waals surface area (Å²) in [6.07, 6.45) is 2.13. The third-order valence-electron chi connectivity index (χ3n) is 5.34. The van der Waals surface area contributed by atoms with E-state index in [1.165, 1.54) is 0 Å². The van der Waals surface area contributed by atoms with Crippen molar-refractivity contribution in [2.24, 2.45) is 0 Å². The number of hydrogen-bond donors (Lipinski definition) is 1. The number of anilines is 1. The van der Waals surface area contributed by atoms with Crippen LogP contribution in [-0.4, -0.2) is 40.5 Å². The topological polar surface area (TPSA) is 63.1 Å². The van der Waals surface area contributed by atoms with Crippen LogP contribution in [-0.2, 0) is 0 Å². The number of hydrogen-bond acceptors (Lipinski definition) is 4. The molecule has 1 aliphatic carbocycles. The molecule has 3 aromatic rings. The number of likely N-dealkylation sites (N-methyl/N-ethyl adjacent to an activating group) is 1. The summed E-state index contributed by atoms with van der Waals surface area (Å²) in [5.74, 6) is 0.183. The summed E-state index contributed by atoms with van der Waals surface area (Å²) < 4.78 is 2.81. The van der Waals surface area contributed by atoms with Crippen LogP contribution in [0.4, 0.5) is 5.69 Å². The lowest BCUT2D eigenvalue weighted by Gasteiger charge is -2.27. The Morgan fingerprint density at radius 1 is 1.21 bits per heavy atom. The smallest absolute Gasteiger partial charge is 0.273 e. The van der Waals surface area contributed by atoms with Gasteiger partial charge in [0, 0.05) is 35.7 Å². The first-order chi connectivity index (χ1) is 14.0. The molecule has 1 unspecified atom stereocenters. The first kappa shape index (κ1) is 19.6. The van der Waals surface area contributed by atoms with E-state index in [9.17, 15) is 4.79 Å². The first-order valence-corrected chi connectivity index (χ1v) is 10.6. The zero-order chi connectivity index (χ0) is 20.4. The zero-order valence-corrected chi connectivity index (χ0v) is 18.1. The van der Waals surface area contributed by atoms with Crippen molar-refractivity contribution in [1.82, 2.24) is 20.3 Å². The second-order valence-corrected chi connectivity index (χ2v) is 8.41. The van der Waals surface area contributed by atoms with Crippen LogP contribution in [0.5, 0.6) is 0 Å². The van der Waals surface area contributed by atoms with Gasteiger partial charge in [-0.25, -0.2) is 4.68 Å². The average molecular weight is 454 g/mol. The molecule has 1 saturated carbocycles.